The van der Waals surface area contributed by atoms with Crippen molar-refractivity contribution in [3.05, 3.63) is 54.1 Å². The Hall–Kier alpha value is -2.49. The van der Waals surface area contributed by atoms with Crippen LogP contribution in [0.4, 0.5) is 11.4 Å². The molecule has 104 valence electrons. The number of carbonyl (C=O) groups is 1. The summed E-state index contributed by atoms with van der Waals surface area (Å²) < 4.78 is 5.57. The number of benzene rings is 2. The van der Waals surface area contributed by atoms with Gasteiger partial charge in [0.05, 0.1) is 0 Å². The molecule has 2 aromatic carbocycles. The van der Waals surface area contributed by atoms with Crippen LogP contribution in [-0.4, -0.2) is 12.0 Å². The normalized spacial score (nSPS) is 11.7. The Morgan fingerprint density at radius 2 is 1.90 bits per heavy atom. The molecule has 2 aromatic rings. The Morgan fingerprint density at radius 3 is 2.55 bits per heavy atom. The molecule has 0 aromatic heterocycles. The van der Waals surface area contributed by atoms with Gasteiger partial charge < -0.3 is 15.8 Å². The van der Waals surface area contributed by atoms with Gasteiger partial charge in [0.1, 0.15) is 5.75 Å². The van der Waals surface area contributed by atoms with Gasteiger partial charge in [0.15, 0.2) is 6.10 Å². The molecule has 0 spiro atoms. The molecule has 0 aliphatic heterocycles. The maximum Gasteiger partial charge on any atom is 0.265 e. The van der Waals surface area contributed by atoms with Crippen molar-refractivity contribution in [1.29, 1.82) is 0 Å². The van der Waals surface area contributed by atoms with Crippen molar-refractivity contribution in [2.24, 2.45) is 0 Å². The van der Waals surface area contributed by atoms with Crippen LogP contribution in [0.15, 0.2) is 48.5 Å². The van der Waals surface area contributed by atoms with E-state index in [9.17, 15) is 4.79 Å². The van der Waals surface area contributed by atoms with Gasteiger partial charge in [0, 0.05) is 11.4 Å². The highest BCUT2D eigenvalue weighted by Crippen LogP contribution is 2.16. The van der Waals surface area contributed by atoms with Crippen LogP contribution in [0, 0.1) is 6.92 Å². The molecular formula is C16H18N2O2. The van der Waals surface area contributed by atoms with Crippen molar-refractivity contribution < 1.29 is 9.53 Å². The first-order valence-corrected chi connectivity index (χ1v) is 6.44. The van der Waals surface area contributed by atoms with Gasteiger partial charge in [0.2, 0.25) is 0 Å². The second kappa shape index (κ2) is 6.10. The molecular weight excluding hydrogens is 252 g/mol. The number of hydrogen-bond acceptors (Lipinski definition) is 3. The van der Waals surface area contributed by atoms with Crippen LogP contribution in [0.2, 0.25) is 0 Å². The van der Waals surface area contributed by atoms with E-state index in [1.165, 1.54) is 0 Å². The van der Waals surface area contributed by atoms with Gasteiger partial charge in [-0.15, -0.1) is 0 Å². The highest BCUT2D eigenvalue weighted by atomic mass is 16.5. The number of nitrogen functional groups attached to an aromatic ring is 1. The number of aryl methyl sites for hydroxylation is 1. The van der Waals surface area contributed by atoms with Gasteiger partial charge in [-0.1, -0.05) is 12.1 Å². The molecule has 0 bridgehead atoms. The first-order valence-electron chi connectivity index (χ1n) is 6.44. The van der Waals surface area contributed by atoms with Crippen LogP contribution in [0.1, 0.15) is 12.5 Å². The minimum Gasteiger partial charge on any atom is -0.481 e. The summed E-state index contributed by atoms with van der Waals surface area (Å²) >= 11 is 0. The van der Waals surface area contributed by atoms with E-state index in [1.54, 1.807) is 31.2 Å². The molecule has 4 heteroatoms. The molecule has 0 fully saturated rings. The number of nitrogens with two attached hydrogens (primary N) is 1. The van der Waals surface area contributed by atoms with Gasteiger partial charge in [0.25, 0.3) is 5.91 Å². The molecule has 3 N–H and O–H groups in total. The first kappa shape index (κ1) is 13.9. The lowest BCUT2D eigenvalue weighted by Gasteiger charge is -2.15. The number of ether oxygens (including phenoxy) is 1. The highest BCUT2D eigenvalue weighted by Gasteiger charge is 2.14. The van der Waals surface area contributed by atoms with Crippen molar-refractivity contribution in [2.75, 3.05) is 11.1 Å². The Balaban J connectivity index is 1.96. The molecule has 4 nitrogen and oxygen atoms in total. The van der Waals surface area contributed by atoms with Crippen LogP contribution < -0.4 is 15.8 Å². The average molecular weight is 270 g/mol. The fraction of sp³-hybridized carbons (Fsp3) is 0.188. The predicted molar refractivity (Wildman–Crippen MR) is 80.8 cm³/mol. The standard InChI is InChI=1S/C16H18N2O2/c1-11-4-3-5-14(10-11)18-16(19)12(2)20-15-8-6-13(17)7-9-15/h3-10,12H,17H2,1-2H3,(H,18,19). The average Bonchev–Trinajstić information content (AvgIpc) is 2.41. The maximum absolute atomic E-state index is 12.0. The fourth-order valence-electron chi connectivity index (χ4n) is 1.77. The molecule has 20 heavy (non-hydrogen) atoms. The molecule has 0 aliphatic rings. The molecule has 0 radical (unpaired) electrons. The van der Waals surface area contributed by atoms with Crippen LogP contribution in [0.3, 0.4) is 0 Å². The number of amides is 1. The third-order valence-corrected chi connectivity index (χ3v) is 2.85. The monoisotopic (exact) mass is 270 g/mol. The van der Waals surface area contributed by atoms with E-state index in [4.69, 9.17) is 10.5 Å². The zero-order valence-electron chi connectivity index (χ0n) is 11.6. The molecule has 0 heterocycles. The Labute approximate surface area is 118 Å². The fourth-order valence-corrected chi connectivity index (χ4v) is 1.77. The summed E-state index contributed by atoms with van der Waals surface area (Å²) in [5, 5.41) is 2.83. The Kier molecular flexibility index (Phi) is 4.25. The Morgan fingerprint density at radius 1 is 1.20 bits per heavy atom. The summed E-state index contributed by atoms with van der Waals surface area (Å²) in [6.07, 6.45) is -0.584. The minimum atomic E-state index is -0.584. The third kappa shape index (κ3) is 3.75. The third-order valence-electron chi connectivity index (χ3n) is 2.85. The zero-order valence-corrected chi connectivity index (χ0v) is 11.6. The Bertz CT molecular complexity index is 594. The largest absolute Gasteiger partial charge is 0.481 e. The second-order valence-corrected chi connectivity index (χ2v) is 4.69. The lowest BCUT2D eigenvalue weighted by Crippen LogP contribution is -2.30. The van der Waals surface area contributed by atoms with Gasteiger partial charge in [-0.3, -0.25) is 4.79 Å². The molecule has 1 atom stereocenters. The molecule has 0 aliphatic carbocycles. The molecule has 1 unspecified atom stereocenters. The van der Waals surface area contributed by atoms with E-state index in [0.717, 1.165) is 11.3 Å². The number of anilines is 2. The topological polar surface area (TPSA) is 64.3 Å². The van der Waals surface area contributed by atoms with Crippen LogP contribution in [0.5, 0.6) is 5.75 Å². The number of rotatable bonds is 4. The smallest absolute Gasteiger partial charge is 0.265 e. The van der Waals surface area contributed by atoms with Crippen LogP contribution >= 0.6 is 0 Å². The second-order valence-electron chi connectivity index (χ2n) is 4.69. The zero-order chi connectivity index (χ0) is 14.5. The minimum absolute atomic E-state index is 0.188. The summed E-state index contributed by atoms with van der Waals surface area (Å²) in [5.74, 6) is 0.429. The van der Waals surface area contributed by atoms with Gasteiger partial charge in [-0.2, -0.15) is 0 Å². The van der Waals surface area contributed by atoms with Crippen LogP contribution in [0.25, 0.3) is 0 Å². The number of carbonyl (C=O) groups excluding carboxylic acids is 1. The quantitative estimate of drug-likeness (QED) is 0.839. The summed E-state index contributed by atoms with van der Waals surface area (Å²) in [7, 11) is 0. The lowest BCUT2D eigenvalue weighted by molar-refractivity contribution is -0.122. The van der Waals surface area contributed by atoms with Crippen molar-refractivity contribution in [1.82, 2.24) is 0 Å². The molecule has 2 rings (SSSR count). The van der Waals surface area contributed by atoms with Gasteiger partial charge in [-0.25, -0.2) is 0 Å². The van der Waals surface area contributed by atoms with E-state index in [-0.39, 0.29) is 5.91 Å². The van der Waals surface area contributed by atoms with Crippen molar-refractivity contribution in [3.63, 3.8) is 0 Å². The van der Waals surface area contributed by atoms with E-state index in [1.807, 2.05) is 31.2 Å². The van der Waals surface area contributed by atoms with Crippen molar-refractivity contribution in [3.8, 4) is 5.75 Å². The van der Waals surface area contributed by atoms with E-state index >= 15 is 0 Å². The van der Waals surface area contributed by atoms with Crippen molar-refractivity contribution >= 4 is 17.3 Å². The molecule has 0 saturated heterocycles. The maximum atomic E-state index is 12.0. The predicted octanol–water partition coefficient (Wildman–Crippen LogP) is 2.98. The van der Waals surface area contributed by atoms with E-state index < -0.39 is 6.10 Å². The van der Waals surface area contributed by atoms with Crippen molar-refractivity contribution in [2.45, 2.75) is 20.0 Å². The number of hydrogen-bond donors (Lipinski definition) is 2. The summed E-state index contributed by atoms with van der Waals surface area (Å²) in [5.41, 5.74) is 8.12. The first-order chi connectivity index (χ1) is 9.54. The van der Waals surface area contributed by atoms with Crippen LogP contribution in [-0.2, 0) is 4.79 Å². The number of nitrogens with one attached hydrogen (secondary N) is 1. The SMILES string of the molecule is Cc1cccc(NC(=O)C(C)Oc2ccc(N)cc2)c1. The van der Waals surface area contributed by atoms with E-state index in [2.05, 4.69) is 5.32 Å². The summed E-state index contributed by atoms with van der Waals surface area (Å²) in [6, 6.07) is 14.6. The molecule has 0 saturated carbocycles. The highest BCUT2D eigenvalue weighted by molar-refractivity contribution is 5.94. The van der Waals surface area contributed by atoms with Gasteiger partial charge in [-0.05, 0) is 55.8 Å². The van der Waals surface area contributed by atoms with Gasteiger partial charge >= 0.3 is 0 Å². The summed E-state index contributed by atoms with van der Waals surface area (Å²) in [6.45, 7) is 3.69. The molecule has 1 amide bonds. The lowest BCUT2D eigenvalue weighted by atomic mass is 10.2. The summed E-state index contributed by atoms with van der Waals surface area (Å²) in [4.78, 5) is 12.0. The van der Waals surface area contributed by atoms with E-state index in [0.29, 0.717) is 11.4 Å².